The first-order chi connectivity index (χ1) is 6.16. The van der Waals surface area contributed by atoms with E-state index in [1.165, 1.54) is 16.7 Å². The van der Waals surface area contributed by atoms with Crippen LogP contribution in [0.15, 0.2) is 18.2 Å². The number of benzene rings is 1. The van der Waals surface area contributed by atoms with Crippen LogP contribution in [0.2, 0.25) is 0 Å². The molecule has 0 aliphatic rings. The van der Waals surface area contributed by atoms with Gasteiger partial charge in [-0.1, -0.05) is 31.5 Å². The average Bonchev–Trinajstić information content (AvgIpc) is 2.10. The SMILES string of the molecule is CCC[C@H](N)c1cccc(C)c1C.Cl. The second-order valence-electron chi connectivity index (χ2n) is 3.68. The van der Waals surface area contributed by atoms with E-state index in [2.05, 4.69) is 39.0 Å². The molecule has 1 aromatic carbocycles. The van der Waals surface area contributed by atoms with E-state index < -0.39 is 0 Å². The highest BCUT2D eigenvalue weighted by Crippen LogP contribution is 2.21. The summed E-state index contributed by atoms with van der Waals surface area (Å²) >= 11 is 0. The first-order valence-corrected chi connectivity index (χ1v) is 4.98. The summed E-state index contributed by atoms with van der Waals surface area (Å²) in [6.07, 6.45) is 2.22. The number of halogens is 1. The summed E-state index contributed by atoms with van der Waals surface area (Å²) in [6, 6.07) is 6.58. The Balaban J connectivity index is 0.00000169. The van der Waals surface area contributed by atoms with Gasteiger partial charge in [-0.05, 0) is 37.0 Å². The van der Waals surface area contributed by atoms with Crippen LogP contribution in [0.1, 0.15) is 42.5 Å². The van der Waals surface area contributed by atoms with Crippen molar-refractivity contribution in [2.45, 2.75) is 39.7 Å². The third-order valence-corrected chi connectivity index (χ3v) is 2.65. The van der Waals surface area contributed by atoms with Crippen LogP contribution in [0, 0.1) is 13.8 Å². The Bertz CT molecular complexity index is 284. The molecule has 0 amide bonds. The van der Waals surface area contributed by atoms with Crippen LogP contribution in [0.3, 0.4) is 0 Å². The first-order valence-electron chi connectivity index (χ1n) is 4.98. The van der Waals surface area contributed by atoms with E-state index in [4.69, 9.17) is 5.73 Å². The maximum Gasteiger partial charge on any atom is 0.0297 e. The van der Waals surface area contributed by atoms with Crippen molar-refractivity contribution >= 4 is 12.4 Å². The minimum Gasteiger partial charge on any atom is -0.324 e. The van der Waals surface area contributed by atoms with Crippen LogP contribution < -0.4 is 5.73 Å². The molecule has 0 aliphatic heterocycles. The molecular weight excluding hydrogens is 194 g/mol. The van der Waals surface area contributed by atoms with E-state index in [0.29, 0.717) is 0 Å². The van der Waals surface area contributed by atoms with Crippen LogP contribution in [0.4, 0.5) is 0 Å². The maximum atomic E-state index is 6.08. The highest BCUT2D eigenvalue weighted by atomic mass is 35.5. The van der Waals surface area contributed by atoms with E-state index in [1.807, 2.05) is 0 Å². The van der Waals surface area contributed by atoms with Gasteiger partial charge in [0.1, 0.15) is 0 Å². The molecule has 0 fully saturated rings. The summed E-state index contributed by atoms with van der Waals surface area (Å²) < 4.78 is 0. The minimum atomic E-state index is 0. The smallest absolute Gasteiger partial charge is 0.0297 e. The summed E-state index contributed by atoms with van der Waals surface area (Å²) in [6.45, 7) is 6.46. The Kier molecular flexibility index (Phi) is 5.82. The average molecular weight is 214 g/mol. The maximum absolute atomic E-state index is 6.08. The van der Waals surface area contributed by atoms with E-state index in [-0.39, 0.29) is 18.4 Å². The number of rotatable bonds is 3. The van der Waals surface area contributed by atoms with Crippen molar-refractivity contribution in [2.24, 2.45) is 5.73 Å². The second kappa shape index (κ2) is 6.05. The lowest BCUT2D eigenvalue weighted by Crippen LogP contribution is -2.11. The van der Waals surface area contributed by atoms with Crippen LogP contribution in [-0.4, -0.2) is 0 Å². The summed E-state index contributed by atoms with van der Waals surface area (Å²) in [7, 11) is 0. The third-order valence-electron chi connectivity index (χ3n) is 2.65. The quantitative estimate of drug-likeness (QED) is 0.817. The van der Waals surface area contributed by atoms with E-state index in [9.17, 15) is 0 Å². The van der Waals surface area contributed by atoms with Gasteiger partial charge >= 0.3 is 0 Å². The molecule has 0 radical (unpaired) electrons. The largest absolute Gasteiger partial charge is 0.324 e. The molecule has 0 unspecified atom stereocenters. The lowest BCUT2D eigenvalue weighted by molar-refractivity contribution is 0.634. The Hall–Kier alpha value is -0.530. The molecule has 2 heteroatoms. The van der Waals surface area contributed by atoms with Crippen LogP contribution in [-0.2, 0) is 0 Å². The van der Waals surface area contributed by atoms with Gasteiger partial charge in [0, 0.05) is 6.04 Å². The fourth-order valence-corrected chi connectivity index (χ4v) is 1.64. The molecular formula is C12H20ClN. The van der Waals surface area contributed by atoms with Gasteiger partial charge in [-0.25, -0.2) is 0 Å². The Morgan fingerprint density at radius 1 is 1.29 bits per heavy atom. The summed E-state index contributed by atoms with van der Waals surface area (Å²) in [5.74, 6) is 0. The third kappa shape index (κ3) is 3.00. The van der Waals surface area contributed by atoms with E-state index in [0.717, 1.165) is 12.8 Å². The predicted octanol–water partition coefficient (Wildman–Crippen LogP) is 3.53. The fraction of sp³-hybridized carbons (Fsp3) is 0.500. The molecule has 2 N–H and O–H groups in total. The number of aryl methyl sites for hydroxylation is 1. The Morgan fingerprint density at radius 3 is 2.50 bits per heavy atom. The molecule has 0 aliphatic carbocycles. The molecule has 14 heavy (non-hydrogen) atoms. The van der Waals surface area contributed by atoms with Crippen LogP contribution >= 0.6 is 12.4 Å². The van der Waals surface area contributed by atoms with Crippen molar-refractivity contribution in [1.29, 1.82) is 0 Å². The molecule has 1 rings (SSSR count). The fourth-order valence-electron chi connectivity index (χ4n) is 1.64. The van der Waals surface area contributed by atoms with Crippen molar-refractivity contribution in [3.63, 3.8) is 0 Å². The monoisotopic (exact) mass is 213 g/mol. The zero-order chi connectivity index (χ0) is 9.84. The molecule has 1 aromatic rings. The summed E-state index contributed by atoms with van der Waals surface area (Å²) in [5.41, 5.74) is 10.1. The Labute approximate surface area is 93.1 Å². The Morgan fingerprint density at radius 2 is 1.93 bits per heavy atom. The van der Waals surface area contributed by atoms with Gasteiger partial charge in [0.05, 0.1) is 0 Å². The molecule has 1 atom stereocenters. The van der Waals surface area contributed by atoms with Crippen LogP contribution in [0.25, 0.3) is 0 Å². The van der Waals surface area contributed by atoms with Crippen molar-refractivity contribution in [1.82, 2.24) is 0 Å². The molecule has 1 nitrogen and oxygen atoms in total. The summed E-state index contributed by atoms with van der Waals surface area (Å²) in [5, 5.41) is 0. The van der Waals surface area contributed by atoms with Gasteiger partial charge in [-0.3, -0.25) is 0 Å². The molecule has 0 spiro atoms. The zero-order valence-corrected chi connectivity index (χ0v) is 10.0. The summed E-state index contributed by atoms with van der Waals surface area (Å²) in [4.78, 5) is 0. The van der Waals surface area contributed by atoms with Gasteiger partial charge in [0.15, 0.2) is 0 Å². The topological polar surface area (TPSA) is 26.0 Å². The highest BCUT2D eigenvalue weighted by Gasteiger charge is 2.08. The lowest BCUT2D eigenvalue weighted by Gasteiger charge is -2.15. The molecule has 0 heterocycles. The van der Waals surface area contributed by atoms with Crippen molar-refractivity contribution < 1.29 is 0 Å². The second-order valence-corrected chi connectivity index (χ2v) is 3.68. The van der Waals surface area contributed by atoms with Crippen LogP contribution in [0.5, 0.6) is 0 Å². The zero-order valence-electron chi connectivity index (χ0n) is 9.21. The minimum absolute atomic E-state index is 0. The lowest BCUT2D eigenvalue weighted by atomic mass is 9.95. The molecule has 0 aromatic heterocycles. The van der Waals surface area contributed by atoms with Crippen molar-refractivity contribution in [3.8, 4) is 0 Å². The van der Waals surface area contributed by atoms with Gasteiger partial charge in [-0.2, -0.15) is 0 Å². The molecule has 80 valence electrons. The number of hydrogen-bond acceptors (Lipinski definition) is 1. The predicted molar refractivity (Wildman–Crippen MR) is 65.0 cm³/mol. The molecule has 0 saturated carbocycles. The van der Waals surface area contributed by atoms with E-state index >= 15 is 0 Å². The van der Waals surface area contributed by atoms with Gasteiger partial charge in [0.25, 0.3) is 0 Å². The van der Waals surface area contributed by atoms with Crippen molar-refractivity contribution in [2.75, 3.05) is 0 Å². The van der Waals surface area contributed by atoms with Gasteiger partial charge in [-0.15, -0.1) is 12.4 Å². The highest BCUT2D eigenvalue weighted by molar-refractivity contribution is 5.85. The normalized spacial score (nSPS) is 12.0. The molecule has 0 saturated heterocycles. The van der Waals surface area contributed by atoms with Gasteiger partial charge in [0.2, 0.25) is 0 Å². The first kappa shape index (κ1) is 13.5. The van der Waals surface area contributed by atoms with Gasteiger partial charge < -0.3 is 5.73 Å². The number of hydrogen-bond donors (Lipinski definition) is 1. The van der Waals surface area contributed by atoms with Crippen molar-refractivity contribution in [3.05, 3.63) is 34.9 Å². The molecule has 0 bridgehead atoms. The number of nitrogens with two attached hydrogens (primary N) is 1. The standard InChI is InChI=1S/C12H19N.ClH/c1-4-6-12(13)11-8-5-7-9(2)10(11)3;/h5,7-8,12H,4,6,13H2,1-3H3;1H/t12-;/m0./s1. The van der Waals surface area contributed by atoms with E-state index in [1.54, 1.807) is 0 Å².